The van der Waals surface area contributed by atoms with E-state index < -0.39 is 11.7 Å². The van der Waals surface area contributed by atoms with Crippen molar-refractivity contribution < 1.29 is 14.3 Å². The van der Waals surface area contributed by atoms with E-state index in [1.165, 1.54) is 0 Å². The van der Waals surface area contributed by atoms with Crippen molar-refractivity contribution in [3.63, 3.8) is 0 Å². The molecule has 6 nitrogen and oxygen atoms in total. The number of hydrogen-bond donors (Lipinski definition) is 0. The van der Waals surface area contributed by atoms with Gasteiger partial charge in [0, 0.05) is 47.4 Å². The largest absolute Gasteiger partial charge is 0.464 e. The molecule has 0 saturated carbocycles. The Morgan fingerprint density at radius 2 is 1.64 bits per heavy atom. The first kappa shape index (κ1) is 28.8. The van der Waals surface area contributed by atoms with Crippen molar-refractivity contribution in [2.45, 2.75) is 79.9 Å². The van der Waals surface area contributed by atoms with Crippen LogP contribution in [0.15, 0.2) is 48.7 Å². The lowest BCUT2D eigenvalue weighted by Gasteiger charge is -2.41. The zero-order chi connectivity index (χ0) is 28.4. The summed E-state index contributed by atoms with van der Waals surface area (Å²) < 4.78 is 12.0. The van der Waals surface area contributed by atoms with E-state index in [0.717, 1.165) is 71.0 Å². The molecule has 1 aliphatic heterocycles. The molecule has 1 fully saturated rings. The summed E-state index contributed by atoms with van der Waals surface area (Å²) in [5, 5.41) is 0. The van der Waals surface area contributed by atoms with Crippen LogP contribution in [0.4, 0.5) is 5.69 Å². The number of hydrogen-bond acceptors (Lipinski definition) is 6. The number of carbonyl (C=O) groups excluding carboxylic acids is 1. The Balaban J connectivity index is 1.92. The standard InChI is InChI=1S/C33H43N3O3/c1-9-38-31(37)30(39-32(4,5)6)28-23(3)35-22(2)27(29(28)36-20-17-33(7,8)18-21-36)25-15-13-24(14-16-25)26-12-10-11-19-34-26/h10-16,19,30H,9,17-18,20-21H2,1-8H3/t30-/m0/s1. The molecule has 1 aromatic carbocycles. The van der Waals surface area contributed by atoms with Gasteiger partial charge in [-0.15, -0.1) is 0 Å². The van der Waals surface area contributed by atoms with Gasteiger partial charge >= 0.3 is 5.97 Å². The van der Waals surface area contributed by atoms with Crippen LogP contribution in [0.1, 0.15) is 77.4 Å². The van der Waals surface area contributed by atoms with Crippen LogP contribution < -0.4 is 4.90 Å². The van der Waals surface area contributed by atoms with Gasteiger partial charge in [0.2, 0.25) is 0 Å². The van der Waals surface area contributed by atoms with E-state index in [1.807, 2.05) is 59.0 Å². The molecule has 0 amide bonds. The molecule has 3 aromatic rings. The van der Waals surface area contributed by atoms with E-state index in [1.54, 1.807) is 0 Å². The monoisotopic (exact) mass is 529 g/mol. The van der Waals surface area contributed by atoms with Gasteiger partial charge in [0.25, 0.3) is 0 Å². The molecular weight excluding hydrogens is 486 g/mol. The van der Waals surface area contributed by atoms with E-state index in [-0.39, 0.29) is 18.0 Å². The minimum Gasteiger partial charge on any atom is -0.464 e. The average molecular weight is 530 g/mol. The maximum atomic E-state index is 13.4. The van der Waals surface area contributed by atoms with Gasteiger partial charge in [-0.05, 0) is 77.5 Å². The van der Waals surface area contributed by atoms with Crippen molar-refractivity contribution in [1.82, 2.24) is 9.97 Å². The van der Waals surface area contributed by atoms with Crippen LogP contribution in [0.2, 0.25) is 0 Å². The predicted octanol–water partition coefficient (Wildman–Crippen LogP) is 7.47. The fraction of sp³-hybridized carbons (Fsp3) is 0.485. The normalized spacial score (nSPS) is 16.2. The number of nitrogens with zero attached hydrogens (tertiary/aromatic N) is 3. The van der Waals surface area contributed by atoms with Crippen molar-refractivity contribution >= 4 is 11.7 Å². The van der Waals surface area contributed by atoms with Crippen LogP contribution in [0, 0.1) is 19.3 Å². The summed E-state index contributed by atoms with van der Waals surface area (Å²) in [7, 11) is 0. The zero-order valence-electron chi connectivity index (χ0n) is 24.8. The Bertz CT molecular complexity index is 1280. The highest BCUT2D eigenvalue weighted by molar-refractivity contribution is 5.89. The summed E-state index contributed by atoms with van der Waals surface area (Å²) in [5.74, 6) is -0.379. The lowest BCUT2D eigenvalue weighted by atomic mass is 9.81. The Morgan fingerprint density at radius 1 is 1.00 bits per heavy atom. The third-order valence-electron chi connectivity index (χ3n) is 7.38. The number of rotatable bonds is 7. The Morgan fingerprint density at radius 3 is 2.21 bits per heavy atom. The summed E-state index contributed by atoms with van der Waals surface area (Å²) in [6.07, 6.45) is 3.06. The molecule has 0 N–H and O–H groups in total. The molecule has 1 atom stereocenters. The molecule has 0 unspecified atom stereocenters. The number of pyridine rings is 2. The number of ether oxygens (including phenoxy) is 2. The van der Waals surface area contributed by atoms with Crippen molar-refractivity contribution in [1.29, 1.82) is 0 Å². The number of benzene rings is 1. The second kappa shape index (κ2) is 11.5. The molecule has 1 saturated heterocycles. The van der Waals surface area contributed by atoms with Crippen molar-refractivity contribution in [2.24, 2.45) is 5.41 Å². The minimum absolute atomic E-state index is 0.279. The lowest BCUT2D eigenvalue weighted by Crippen LogP contribution is -2.39. The summed E-state index contributed by atoms with van der Waals surface area (Å²) >= 11 is 0. The van der Waals surface area contributed by atoms with Gasteiger partial charge in [0.1, 0.15) is 0 Å². The van der Waals surface area contributed by atoms with Crippen molar-refractivity contribution in [3.05, 3.63) is 65.6 Å². The summed E-state index contributed by atoms with van der Waals surface area (Å²) in [6.45, 7) is 18.5. The third-order valence-corrected chi connectivity index (χ3v) is 7.38. The first-order valence-corrected chi connectivity index (χ1v) is 14.0. The number of piperidine rings is 1. The minimum atomic E-state index is -0.880. The van der Waals surface area contributed by atoms with Crippen LogP contribution in [0.5, 0.6) is 0 Å². The Kier molecular flexibility index (Phi) is 8.45. The molecule has 3 heterocycles. The van der Waals surface area contributed by atoms with E-state index in [0.29, 0.717) is 0 Å². The first-order chi connectivity index (χ1) is 18.4. The smallest absolute Gasteiger partial charge is 0.340 e. The van der Waals surface area contributed by atoms with Crippen LogP contribution in [-0.4, -0.2) is 41.2 Å². The second-order valence-corrected chi connectivity index (χ2v) is 12.2. The van der Waals surface area contributed by atoms with Gasteiger partial charge in [-0.2, -0.15) is 0 Å². The van der Waals surface area contributed by atoms with Crippen LogP contribution in [-0.2, 0) is 14.3 Å². The highest BCUT2D eigenvalue weighted by Gasteiger charge is 2.37. The number of anilines is 1. The number of aryl methyl sites for hydroxylation is 2. The molecular formula is C33H43N3O3. The third kappa shape index (κ3) is 6.67. The Hall–Kier alpha value is -3.25. The summed E-state index contributed by atoms with van der Waals surface area (Å²) in [5.41, 5.74) is 7.36. The quantitative estimate of drug-likeness (QED) is 0.296. The topological polar surface area (TPSA) is 64.5 Å². The number of aromatic nitrogens is 2. The maximum Gasteiger partial charge on any atom is 0.340 e. The van der Waals surface area contributed by atoms with Crippen LogP contribution in [0.25, 0.3) is 22.4 Å². The Labute approximate surface area is 233 Å². The number of carbonyl (C=O) groups is 1. The lowest BCUT2D eigenvalue weighted by molar-refractivity contribution is -0.166. The van der Waals surface area contributed by atoms with E-state index in [2.05, 4.69) is 54.9 Å². The van der Waals surface area contributed by atoms with Crippen molar-refractivity contribution in [3.8, 4) is 22.4 Å². The first-order valence-electron chi connectivity index (χ1n) is 14.0. The molecule has 208 valence electrons. The summed E-state index contributed by atoms with van der Waals surface area (Å²) in [6, 6.07) is 14.4. The van der Waals surface area contributed by atoms with Gasteiger partial charge in [0.05, 0.1) is 23.6 Å². The summed E-state index contributed by atoms with van der Waals surface area (Å²) in [4.78, 5) is 25.4. The molecule has 4 rings (SSSR count). The molecule has 0 spiro atoms. The molecule has 0 radical (unpaired) electrons. The molecule has 39 heavy (non-hydrogen) atoms. The highest BCUT2D eigenvalue weighted by atomic mass is 16.6. The van der Waals surface area contributed by atoms with Crippen LogP contribution >= 0.6 is 0 Å². The maximum absolute atomic E-state index is 13.4. The van der Waals surface area contributed by atoms with Crippen molar-refractivity contribution in [2.75, 3.05) is 24.6 Å². The van der Waals surface area contributed by atoms with Gasteiger partial charge in [-0.1, -0.05) is 44.2 Å². The molecule has 0 bridgehead atoms. The zero-order valence-corrected chi connectivity index (χ0v) is 24.8. The molecule has 2 aromatic heterocycles. The molecule has 1 aliphatic rings. The van der Waals surface area contributed by atoms with E-state index in [9.17, 15) is 4.79 Å². The fourth-order valence-corrected chi connectivity index (χ4v) is 5.31. The number of esters is 1. The second-order valence-electron chi connectivity index (χ2n) is 12.2. The van der Waals surface area contributed by atoms with Gasteiger partial charge in [0.15, 0.2) is 6.10 Å². The van der Waals surface area contributed by atoms with Crippen LogP contribution in [0.3, 0.4) is 0 Å². The van der Waals surface area contributed by atoms with E-state index in [4.69, 9.17) is 14.5 Å². The molecule has 0 aliphatic carbocycles. The fourth-order valence-electron chi connectivity index (χ4n) is 5.31. The predicted molar refractivity (Wildman–Crippen MR) is 158 cm³/mol. The molecule has 6 heteroatoms. The van der Waals surface area contributed by atoms with Gasteiger partial charge in [-0.3, -0.25) is 9.97 Å². The average Bonchev–Trinajstić information content (AvgIpc) is 2.88. The SMILES string of the molecule is CCOC(=O)[C@@H](OC(C)(C)C)c1c(C)nc(C)c(-c2ccc(-c3ccccn3)cc2)c1N1CCC(C)(C)CC1. The van der Waals surface area contributed by atoms with Gasteiger partial charge < -0.3 is 14.4 Å². The van der Waals surface area contributed by atoms with Gasteiger partial charge in [-0.25, -0.2) is 4.79 Å². The highest BCUT2D eigenvalue weighted by Crippen LogP contribution is 2.45. The van der Waals surface area contributed by atoms with E-state index >= 15 is 0 Å².